The molecule has 6 heteroatoms. The van der Waals surface area contributed by atoms with Crippen molar-refractivity contribution in [1.29, 1.82) is 0 Å². The molecule has 0 saturated heterocycles. The number of hydrogen-bond donors (Lipinski definition) is 2. The van der Waals surface area contributed by atoms with Crippen LogP contribution < -0.4 is 5.32 Å². The Hall–Kier alpha value is -2.37. The van der Waals surface area contributed by atoms with Crippen LogP contribution >= 0.6 is 0 Å². The molecule has 1 aromatic carbocycles. The highest BCUT2D eigenvalue weighted by Crippen LogP contribution is 2.23. The van der Waals surface area contributed by atoms with Crippen molar-refractivity contribution in [2.75, 3.05) is 5.32 Å². The molecule has 0 fully saturated rings. The molecule has 0 atom stereocenters. The molecule has 2 aromatic rings. The number of rotatable bonds is 4. The Labute approximate surface area is 104 Å². The van der Waals surface area contributed by atoms with Crippen LogP contribution in [-0.2, 0) is 11.3 Å². The summed E-state index contributed by atoms with van der Waals surface area (Å²) in [4.78, 5) is 11.7. The first-order valence-electron chi connectivity index (χ1n) is 5.59. The summed E-state index contributed by atoms with van der Waals surface area (Å²) in [6.07, 6.45) is 3.52. The first-order chi connectivity index (χ1) is 8.65. The minimum Gasteiger partial charge on any atom is -0.506 e. The van der Waals surface area contributed by atoms with Crippen LogP contribution in [0.15, 0.2) is 30.6 Å². The van der Waals surface area contributed by atoms with Crippen LogP contribution in [0.25, 0.3) is 0 Å². The maximum absolute atomic E-state index is 11.7. The van der Waals surface area contributed by atoms with Crippen molar-refractivity contribution in [3.63, 3.8) is 0 Å². The molecule has 0 unspecified atom stereocenters. The van der Waals surface area contributed by atoms with E-state index in [1.165, 1.54) is 0 Å². The topological polar surface area (TPSA) is 80.0 Å². The van der Waals surface area contributed by atoms with Crippen molar-refractivity contribution >= 4 is 11.6 Å². The second kappa shape index (κ2) is 5.31. The molecule has 6 nitrogen and oxygen atoms in total. The molecule has 1 aromatic heterocycles. The quantitative estimate of drug-likeness (QED) is 0.797. The first-order valence-corrected chi connectivity index (χ1v) is 5.59. The van der Waals surface area contributed by atoms with Crippen molar-refractivity contribution in [2.45, 2.75) is 19.9 Å². The van der Waals surface area contributed by atoms with Crippen molar-refractivity contribution in [1.82, 2.24) is 15.0 Å². The van der Waals surface area contributed by atoms with Crippen LogP contribution in [0.5, 0.6) is 5.75 Å². The van der Waals surface area contributed by atoms with E-state index >= 15 is 0 Å². The molecule has 2 N–H and O–H groups in total. The van der Waals surface area contributed by atoms with Crippen LogP contribution in [0.3, 0.4) is 0 Å². The highest BCUT2D eigenvalue weighted by Gasteiger charge is 2.06. The van der Waals surface area contributed by atoms with E-state index in [2.05, 4.69) is 15.6 Å². The van der Waals surface area contributed by atoms with E-state index in [1.54, 1.807) is 29.2 Å². The van der Waals surface area contributed by atoms with E-state index in [0.29, 0.717) is 12.2 Å². The van der Waals surface area contributed by atoms with E-state index < -0.39 is 0 Å². The van der Waals surface area contributed by atoms with E-state index in [4.69, 9.17) is 0 Å². The van der Waals surface area contributed by atoms with Crippen molar-refractivity contribution < 1.29 is 9.90 Å². The Bertz CT molecular complexity index is 537. The number of aromatic hydroxyl groups is 1. The van der Waals surface area contributed by atoms with Gasteiger partial charge in [-0.25, -0.2) is 0 Å². The van der Waals surface area contributed by atoms with Gasteiger partial charge in [0.1, 0.15) is 5.75 Å². The van der Waals surface area contributed by atoms with Gasteiger partial charge in [0.25, 0.3) is 0 Å². The normalized spacial score (nSPS) is 10.3. The maximum Gasteiger partial charge on any atom is 0.226 e. The average Bonchev–Trinajstić information content (AvgIpc) is 2.83. The van der Waals surface area contributed by atoms with Gasteiger partial charge < -0.3 is 10.4 Å². The second-order valence-corrected chi connectivity index (χ2v) is 3.98. The zero-order chi connectivity index (χ0) is 13.0. The molecule has 0 aliphatic carbocycles. The summed E-state index contributed by atoms with van der Waals surface area (Å²) in [7, 11) is 0. The smallest absolute Gasteiger partial charge is 0.226 e. The van der Waals surface area contributed by atoms with E-state index in [9.17, 15) is 9.90 Å². The summed E-state index contributed by atoms with van der Waals surface area (Å²) in [6.45, 7) is 2.33. The average molecular weight is 246 g/mol. The lowest BCUT2D eigenvalue weighted by Crippen LogP contribution is -2.14. The lowest BCUT2D eigenvalue weighted by molar-refractivity contribution is -0.116. The van der Waals surface area contributed by atoms with Gasteiger partial charge in [-0.05, 0) is 24.6 Å². The summed E-state index contributed by atoms with van der Waals surface area (Å²) in [5, 5.41) is 19.7. The number of amides is 1. The molecule has 0 bridgehead atoms. The van der Waals surface area contributed by atoms with Crippen molar-refractivity contribution in [3.05, 3.63) is 36.2 Å². The zero-order valence-electron chi connectivity index (χ0n) is 10.00. The number of phenols is 1. The number of benzene rings is 1. The van der Waals surface area contributed by atoms with Crippen molar-refractivity contribution in [2.24, 2.45) is 0 Å². The summed E-state index contributed by atoms with van der Waals surface area (Å²) in [6, 6.07) is 5.11. The summed E-state index contributed by atoms with van der Waals surface area (Å²) in [5.41, 5.74) is 1.36. The van der Waals surface area contributed by atoms with Crippen LogP contribution in [0.2, 0.25) is 0 Å². The van der Waals surface area contributed by atoms with Gasteiger partial charge in [-0.2, -0.15) is 0 Å². The molecule has 0 spiro atoms. The molecule has 18 heavy (non-hydrogen) atoms. The molecule has 1 heterocycles. The van der Waals surface area contributed by atoms with Crippen LogP contribution in [0.4, 0.5) is 5.69 Å². The molecule has 0 saturated carbocycles. The number of aryl methyl sites for hydroxylation is 2. The largest absolute Gasteiger partial charge is 0.506 e. The summed E-state index contributed by atoms with van der Waals surface area (Å²) in [5.74, 6) is -0.103. The van der Waals surface area contributed by atoms with Gasteiger partial charge in [-0.3, -0.25) is 9.48 Å². The minimum absolute atomic E-state index is 0.0732. The lowest BCUT2D eigenvalue weighted by Gasteiger charge is -2.07. The third kappa shape index (κ3) is 3.07. The fourth-order valence-electron chi connectivity index (χ4n) is 1.53. The molecule has 0 aliphatic heterocycles. The number of aromatic nitrogens is 3. The van der Waals surface area contributed by atoms with Crippen LogP contribution in [-0.4, -0.2) is 26.0 Å². The van der Waals surface area contributed by atoms with E-state index in [1.807, 2.05) is 13.0 Å². The monoisotopic (exact) mass is 246 g/mol. The number of phenolic OH excluding ortho intramolecular Hbond substituents is 1. The van der Waals surface area contributed by atoms with Gasteiger partial charge in [0, 0.05) is 12.6 Å². The van der Waals surface area contributed by atoms with Crippen LogP contribution in [0, 0.1) is 6.92 Å². The number of carbonyl (C=O) groups is 1. The number of anilines is 1. The SMILES string of the molecule is Cc1ccc(NC(=O)CCn2ccnn2)c(O)c1. The molecule has 0 radical (unpaired) electrons. The third-order valence-corrected chi connectivity index (χ3v) is 2.47. The highest BCUT2D eigenvalue weighted by atomic mass is 16.3. The Balaban J connectivity index is 1.91. The van der Waals surface area contributed by atoms with E-state index in [-0.39, 0.29) is 18.1 Å². The molecule has 2 rings (SSSR count). The first kappa shape index (κ1) is 12.1. The molecular weight excluding hydrogens is 232 g/mol. The summed E-state index contributed by atoms with van der Waals surface area (Å²) >= 11 is 0. The lowest BCUT2D eigenvalue weighted by atomic mass is 10.2. The van der Waals surface area contributed by atoms with Gasteiger partial charge in [-0.15, -0.1) is 5.10 Å². The number of carbonyl (C=O) groups excluding carboxylic acids is 1. The predicted octanol–water partition coefficient (Wildman–Crippen LogP) is 1.32. The fourth-order valence-corrected chi connectivity index (χ4v) is 1.53. The Morgan fingerprint density at radius 2 is 2.33 bits per heavy atom. The minimum atomic E-state index is -0.176. The molecule has 1 amide bonds. The van der Waals surface area contributed by atoms with Gasteiger partial charge in [-0.1, -0.05) is 11.3 Å². The molecule has 0 aliphatic rings. The van der Waals surface area contributed by atoms with E-state index in [0.717, 1.165) is 5.56 Å². The third-order valence-electron chi connectivity index (χ3n) is 2.47. The molecule has 94 valence electrons. The Morgan fingerprint density at radius 3 is 3.00 bits per heavy atom. The maximum atomic E-state index is 11.7. The van der Waals surface area contributed by atoms with Gasteiger partial charge in [0.05, 0.1) is 18.4 Å². The van der Waals surface area contributed by atoms with Crippen molar-refractivity contribution in [3.8, 4) is 5.75 Å². The van der Waals surface area contributed by atoms with Gasteiger partial charge in [0.2, 0.25) is 5.91 Å². The number of hydrogen-bond acceptors (Lipinski definition) is 4. The zero-order valence-corrected chi connectivity index (χ0v) is 10.00. The molecular formula is C12H14N4O2. The second-order valence-electron chi connectivity index (χ2n) is 3.98. The predicted molar refractivity (Wildman–Crippen MR) is 66.1 cm³/mol. The Kier molecular flexibility index (Phi) is 3.57. The number of nitrogens with one attached hydrogen (secondary N) is 1. The van der Waals surface area contributed by atoms with Gasteiger partial charge in [0.15, 0.2) is 0 Å². The standard InChI is InChI=1S/C12H14N4O2/c1-9-2-3-10(11(17)8-9)14-12(18)4-6-16-7-5-13-15-16/h2-3,5,7-8,17H,4,6H2,1H3,(H,14,18). The fraction of sp³-hybridized carbons (Fsp3) is 0.250. The Morgan fingerprint density at radius 1 is 1.50 bits per heavy atom. The summed E-state index contributed by atoms with van der Waals surface area (Å²) < 4.78 is 1.58. The number of nitrogens with zero attached hydrogens (tertiary/aromatic N) is 3. The van der Waals surface area contributed by atoms with Crippen LogP contribution in [0.1, 0.15) is 12.0 Å². The highest BCUT2D eigenvalue weighted by molar-refractivity contribution is 5.92. The van der Waals surface area contributed by atoms with Gasteiger partial charge >= 0.3 is 0 Å².